The van der Waals surface area contributed by atoms with Crippen molar-refractivity contribution in [3.63, 3.8) is 0 Å². The molecule has 1 aliphatic rings. The molecule has 1 rings (SSSR count). The van der Waals surface area contributed by atoms with Crippen LogP contribution in [0, 0.1) is 0 Å². The number of carbonyl (C=O) groups is 1. The molecule has 1 fully saturated rings. The summed E-state index contributed by atoms with van der Waals surface area (Å²) in [5.41, 5.74) is 0. The van der Waals surface area contributed by atoms with Gasteiger partial charge in [0.05, 0.1) is 19.8 Å². The number of esters is 1. The van der Waals surface area contributed by atoms with E-state index in [1.165, 1.54) is 0 Å². The van der Waals surface area contributed by atoms with Crippen molar-refractivity contribution in [1.29, 1.82) is 0 Å². The summed E-state index contributed by atoms with van der Waals surface area (Å²) in [4.78, 5) is 10.9. The molecule has 0 radical (unpaired) electrons. The fourth-order valence-electron chi connectivity index (χ4n) is 0.971. The van der Waals surface area contributed by atoms with E-state index in [4.69, 9.17) is 14.0 Å². The van der Waals surface area contributed by atoms with Crippen molar-refractivity contribution in [3.8, 4) is 0 Å². The lowest BCUT2D eigenvalue weighted by Gasteiger charge is -2.12. The highest BCUT2D eigenvalue weighted by atomic mass is 32.2. The van der Waals surface area contributed by atoms with Crippen LogP contribution in [0.15, 0.2) is 0 Å². The van der Waals surface area contributed by atoms with Gasteiger partial charge in [-0.1, -0.05) is 0 Å². The molecule has 0 aromatic rings. The minimum absolute atomic E-state index is 0.126. The maximum atomic E-state index is 10.9. The van der Waals surface area contributed by atoms with Gasteiger partial charge in [-0.2, -0.15) is 8.42 Å². The lowest BCUT2D eigenvalue weighted by Crippen LogP contribution is -2.25. The summed E-state index contributed by atoms with van der Waals surface area (Å²) in [6.45, 7) is 2.84. The Kier molecular flexibility index (Phi) is 4.66. The van der Waals surface area contributed by atoms with Gasteiger partial charge in [0.1, 0.15) is 12.2 Å². The Labute approximate surface area is 93.4 Å². The third-order valence-electron chi connectivity index (χ3n) is 1.69. The Morgan fingerprint density at radius 3 is 2.75 bits per heavy atom. The zero-order valence-electron chi connectivity index (χ0n) is 8.79. The number of ether oxygens (including phenoxy) is 3. The molecule has 0 aliphatic carbocycles. The Bertz CT molecular complexity index is 332. The van der Waals surface area contributed by atoms with Gasteiger partial charge in [-0.05, 0) is 6.92 Å². The lowest BCUT2D eigenvalue weighted by molar-refractivity contribution is -0.147. The first-order valence-electron chi connectivity index (χ1n) is 4.71. The zero-order valence-corrected chi connectivity index (χ0v) is 9.60. The standard InChI is InChI=1S/C8H14O7S/c1-6(2-13-3-7-4-14-7)15-8(9)5-16(10,11)12/h6-7H,2-5H2,1H3,(H,10,11,12). The summed E-state index contributed by atoms with van der Waals surface area (Å²) in [6.07, 6.45) is -0.436. The molecule has 1 N–H and O–H groups in total. The van der Waals surface area contributed by atoms with Crippen LogP contribution >= 0.6 is 0 Å². The predicted molar refractivity (Wildman–Crippen MR) is 52.5 cm³/mol. The highest BCUT2D eigenvalue weighted by molar-refractivity contribution is 7.86. The van der Waals surface area contributed by atoms with Crippen molar-refractivity contribution >= 4 is 16.1 Å². The number of epoxide rings is 1. The Morgan fingerprint density at radius 2 is 2.25 bits per heavy atom. The molecule has 1 heterocycles. The first-order valence-corrected chi connectivity index (χ1v) is 6.32. The summed E-state index contributed by atoms with van der Waals surface area (Å²) >= 11 is 0. The largest absolute Gasteiger partial charge is 0.459 e. The topological polar surface area (TPSA) is 102 Å². The second-order valence-electron chi connectivity index (χ2n) is 3.52. The molecule has 1 saturated heterocycles. The van der Waals surface area contributed by atoms with Crippen LogP contribution in [0.4, 0.5) is 0 Å². The monoisotopic (exact) mass is 254 g/mol. The van der Waals surface area contributed by atoms with E-state index in [-0.39, 0.29) is 12.7 Å². The van der Waals surface area contributed by atoms with E-state index in [2.05, 4.69) is 4.74 Å². The molecular weight excluding hydrogens is 240 g/mol. The van der Waals surface area contributed by atoms with Crippen LogP contribution in [-0.2, 0) is 29.1 Å². The Balaban J connectivity index is 2.11. The maximum absolute atomic E-state index is 10.9. The molecule has 0 bridgehead atoms. The van der Waals surface area contributed by atoms with Gasteiger partial charge in [0.15, 0.2) is 5.75 Å². The lowest BCUT2D eigenvalue weighted by atomic mass is 10.4. The van der Waals surface area contributed by atoms with Gasteiger partial charge in [-0.15, -0.1) is 0 Å². The van der Waals surface area contributed by atoms with E-state index < -0.39 is 27.9 Å². The molecule has 94 valence electrons. The minimum Gasteiger partial charge on any atom is -0.459 e. The molecule has 8 heteroatoms. The third kappa shape index (κ3) is 6.72. The van der Waals surface area contributed by atoms with E-state index in [9.17, 15) is 13.2 Å². The van der Waals surface area contributed by atoms with Crippen LogP contribution < -0.4 is 0 Å². The maximum Gasteiger partial charge on any atom is 0.324 e. The molecular formula is C8H14O7S. The number of hydrogen-bond acceptors (Lipinski definition) is 6. The molecule has 0 saturated carbocycles. The molecule has 0 amide bonds. The molecule has 7 nitrogen and oxygen atoms in total. The van der Waals surface area contributed by atoms with Crippen LogP contribution in [0.2, 0.25) is 0 Å². The van der Waals surface area contributed by atoms with Crippen LogP contribution in [-0.4, -0.2) is 56.7 Å². The average Bonchev–Trinajstić information content (AvgIpc) is 2.83. The highest BCUT2D eigenvalue weighted by Gasteiger charge is 2.23. The van der Waals surface area contributed by atoms with Crippen LogP contribution in [0.3, 0.4) is 0 Å². The van der Waals surface area contributed by atoms with Crippen molar-refractivity contribution in [1.82, 2.24) is 0 Å². The summed E-state index contributed by atoms with van der Waals surface area (Å²) in [6, 6.07) is 0. The van der Waals surface area contributed by atoms with Gasteiger partial charge in [0, 0.05) is 0 Å². The van der Waals surface area contributed by atoms with E-state index in [1.54, 1.807) is 6.92 Å². The normalized spacial score (nSPS) is 21.5. The van der Waals surface area contributed by atoms with Crippen molar-refractivity contribution in [2.45, 2.75) is 19.1 Å². The molecule has 0 aromatic carbocycles. The Hall–Kier alpha value is -0.700. The predicted octanol–water partition coefficient (Wildman–Crippen LogP) is -0.779. The average molecular weight is 254 g/mol. The van der Waals surface area contributed by atoms with Crippen LogP contribution in [0.25, 0.3) is 0 Å². The van der Waals surface area contributed by atoms with E-state index >= 15 is 0 Å². The molecule has 0 spiro atoms. The van der Waals surface area contributed by atoms with E-state index in [0.29, 0.717) is 13.2 Å². The van der Waals surface area contributed by atoms with E-state index in [0.717, 1.165) is 0 Å². The van der Waals surface area contributed by atoms with Crippen molar-refractivity contribution in [2.24, 2.45) is 0 Å². The molecule has 16 heavy (non-hydrogen) atoms. The number of hydrogen-bond donors (Lipinski definition) is 1. The molecule has 1 aliphatic heterocycles. The van der Waals surface area contributed by atoms with Gasteiger partial charge < -0.3 is 14.2 Å². The fourth-order valence-corrected chi connectivity index (χ4v) is 1.34. The van der Waals surface area contributed by atoms with Gasteiger partial charge in [0.25, 0.3) is 10.1 Å². The number of rotatable bonds is 7. The smallest absolute Gasteiger partial charge is 0.324 e. The van der Waals surface area contributed by atoms with Crippen molar-refractivity contribution in [3.05, 3.63) is 0 Å². The SMILES string of the molecule is CC(COCC1CO1)OC(=O)CS(=O)(=O)O. The van der Waals surface area contributed by atoms with Gasteiger partial charge in [0.2, 0.25) is 0 Å². The fraction of sp³-hybridized carbons (Fsp3) is 0.875. The van der Waals surface area contributed by atoms with Crippen molar-refractivity contribution < 1.29 is 32.0 Å². The minimum atomic E-state index is -4.33. The Morgan fingerprint density at radius 1 is 1.62 bits per heavy atom. The zero-order chi connectivity index (χ0) is 12.2. The summed E-state index contributed by atoms with van der Waals surface area (Å²) in [5.74, 6) is -2.04. The summed E-state index contributed by atoms with van der Waals surface area (Å²) in [7, 11) is -4.33. The van der Waals surface area contributed by atoms with Crippen LogP contribution in [0.5, 0.6) is 0 Å². The van der Waals surface area contributed by atoms with Gasteiger partial charge >= 0.3 is 5.97 Å². The first kappa shape index (κ1) is 13.4. The molecule has 0 aromatic heterocycles. The number of carbonyl (C=O) groups excluding carboxylic acids is 1. The van der Waals surface area contributed by atoms with Gasteiger partial charge in [-0.25, -0.2) is 0 Å². The van der Waals surface area contributed by atoms with Crippen molar-refractivity contribution in [2.75, 3.05) is 25.6 Å². The van der Waals surface area contributed by atoms with E-state index in [1.807, 2.05) is 0 Å². The second-order valence-corrected chi connectivity index (χ2v) is 4.97. The first-order chi connectivity index (χ1) is 7.37. The molecule has 2 unspecified atom stereocenters. The van der Waals surface area contributed by atoms with Crippen LogP contribution in [0.1, 0.15) is 6.92 Å². The summed E-state index contributed by atoms with van der Waals surface area (Å²) < 4.78 is 43.8. The second kappa shape index (κ2) is 5.58. The third-order valence-corrected chi connectivity index (χ3v) is 2.29. The quantitative estimate of drug-likeness (QED) is 0.361. The molecule has 2 atom stereocenters. The van der Waals surface area contributed by atoms with Gasteiger partial charge in [-0.3, -0.25) is 9.35 Å². The summed E-state index contributed by atoms with van der Waals surface area (Å²) in [5, 5.41) is 0. The highest BCUT2D eigenvalue weighted by Crippen LogP contribution is 2.08.